The zero-order valence-electron chi connectivity index (χ0n) is 11.8. The molecular weight excluding hydrogens is 242 g/mol. The fourth-order valence-electron chi connectivity index (χ4n) is 2.76. The minimum absolute atomic E-state index is 0.0464. The van der Waals surface area contributed by atoms with Crippen LogP contribution in [0.15, 0.2) is 5.38 Å². The summed E-state index contributed by atoms with van der Waals surface area (Å²) in [5.41, 5.74) is 7.48. The molecular formula is C14H25N3S. The molecule has 1 aromatic rings. The van der Waals surface area contributed by atoms with Crippen LogP contribution in [-0.2, 0) is 0 Å². The molecule has 1 unspecified atom stereocenters. The van der Waals surface area contributed by atoms with Crippen molar-refractivity contribution in [3.05, 3.63) is 11.1 Å². The second-order valence-electron chi connectivity index (χ2n) is 5.54. The van der Waals surface area contributed by atoms with Gasteiger partial charge in [0.15, 0.2) is 5.13 Å². The second kappa shape index (κ2) is 5.57. The Morgan fingerprint density at radius 1 is 1.39 bits per heavy atom. The Labute approximate surface area is 114 Å². The van der Waals surface area contributed by atoms with Crippen molar-refractivity contribution in [2.45, 2.75) is 52.5 Å². The van der Waals surface area contributed by atoms with Gasteiger partial charge in [-0.05, 0) is 25.2 Å². The predicted octanol–water partition coefficient (Wildman–Crippen LogP) is 3.57. The van der Waals surface area contributed by atoms with Gasteiger partial charge in [-0.25, -0.2) is 4.98 Å². The van der Waals surface area contributed by atoms with Crippen LogP contribution in [0.1, 0.15) is 58.2 Å². The number of hydrogen-bond acceptors (Lipinski definition) is 4. The van der Waals surface area contributed by atoms with Crippen LogP contribution in [0.3, 0.4) is 0 Å². The third-order valence-corrected chi connectivity index (χ3v) is 5.49. The van der Waals surface area contributed by atoms with Crippen molar-refractivity contribution >= 4 is 16.5 Å². The molecule has 2 rings (SSSR count). The van der Waals surface area contributed by atoms with Gasteiger partial charge < -0.3 is 10.6 Å². The summed E-state index contributed by atoms with van der Waals surface area (Å²) in [5, 5.41) is 3.25. The van der Waals surface area contributed by atoms with E-state index in [2.05, 4.69) is 29.1 Å². The number of nitrogens with two attached hydrogens (primary N) is 1. The van der Waals surface area contributed by atoms with E-state index in [1.807, 2.05) is 6.92 Å². The zero-order valence-corrected chi connectivity index (χ0v) is 12.6. The van der Waals surface area contributed by atoms with Gasteiger partial charge in [0.05, 0.1) is 5.69 Å². The van der Waals surface area contributed by atoms with Gasteiger partial charge in [-0.2, -0.15) is 0 Å². The van der Waals surface area contributed by atoms with Crippen LogP contribution in [0.5, 0.6) is 0 Å². The highest BCUT2D eigenvalue weighted by Crippen LogP contribution is 2.39. The van der Waals surface area contributed by atoms with Gasteiger partial charge in [0.2, 0.25) is 0 Å². The van der Waals surface area contributed by atoms with E-state index in [1.54, 1.807) is 11.3 Å². The molecule has 3 nitrogen and oxygen atoms in total. The number of anilines is 1. The van der Waals surface area contributed by atoms with Crippen molar-refractivity contribution in [1.82, 2.24) is 4.98 Å². The average molecular weight is 267 g/mol. The minimum Gasteiger partial charge on any atom is -0.348 e. The molecule has 1 saturated heterocycles. The van der Waals surface area contributed by atoms with Crippen molar-refractivity contribution in [3.63, 3.8) is 0 Å². The van der Waals surface area contributed by atoms with Gasteiger partial charge in [-0.1, -0.05) is 26.7 Å². The van der Waals surface area contributed by atoms with Crippen molar-refractivity contribution in [2.75, 3.05) is 18.0 Å². The summed E-state index contributed by atoms with van der Waals surface area (Å²) >= 11 is 1.73. The molecule has 2 heterocycles. The third-order valence-electron chi connectivity index (χ3n) is 4.57. The number of aromatic nitrogens is 1. The lowest BCUT2D eigenvalue weighted by molar-refractivity contribution is 0.199. The van der Waals surface area contributed by atoms with Gasteiger partial charge in [0.1, 0.15) is 0 Å². The molecule has 0 radical (unpaired) electrons. The van der Waals surface area contributed by atoms with E-state index in [9.17, 15) is 0 Å². The molecule has 0 aliphatic carbocycles. The molecule has 0 saturated carbocycles. The van der Waals surface area contributed by atoms with E-state index in [1.165, 1.54) is 25.7 Å². The molecule has 0 bridgehead atoms. The average Bonchev–Trinajstić information content (AvgIpc) is 2.88. The van der Waals surface area contributed by atoms with Crippen LogP contribution in [-0.4, -0.2) is 18.1 Å². The van der Waals surface area contributed by atoms with Gasteiger partial charge in [-0.3, -0.25) is 0 Å². The molecule has 0 spiro atoms. The molecule has 1 aliphatic rings. The van der Waals surface area contributed by atoms with E-state index >= 15 is 0 Å². The van der Waals surface area contributed by atoms with Gasteiger partial charge >= 0.3 is 0 Å². The van der Waals surface area contributed by atoms with Crippen LogP contribution in [0.4, 0.5) is 5.13 Å². The van der Waals surface area contributed by atoms with Gasteiger partial charge in [-0.15, -0.1) is 11.3 Å². The van der Waals surface area contributed by atoms with Crippen LogP contribution >= 0.6 is 11.3 Å². The third kappa shape index (κ3) is 2.69. The zero-order chi connectivity index (χ0) is 13.2. The summed E-state index contributed by atoms with van der Waals surface area (Å²) < 4.78 is 0. The smallest absolute Gasteiger partial charge is 0.185 e. The fourth-order valence-corrected chi connectivity index (χ4v) is 3.74. The van der Waals surface area contributed by atoms with Crippen molar-refractivity contribution in [3.8, 4) is 0 Å². The molecule has 18 heavy (non-hydrogen) atoms. The van der Waals surface area contributed by atoms with Crippen LogP contribution in [0.25, 0.3) is 0 Å². The molecule has 1 atom stereocenters. The lowest BCUT2D eigenvalue weighted by atomic mass is 9.74. The minimum atomic E-state index is 0.0464. The van der Waals surface area contributed by atoms with E-state index in [0.29, 0.717) is 5.41 Å². The maximum absolute atomic E-state index is 5.87. The molecule has 0 amide bonds. The topological polar surface area (TPSA) is 42.2 Å². The lowest BCUT2D eigenvalue weighted by Crippen LogP contribution is -2.39. The van der Waals surface area contributed by atoms with Gasteiger partial charge in [0, 0.05) is 24.5 Å². The number of hydrogen-bond donors (Lipinski definition) is 1. The molecule has 4 heteroatoms. The number of nitrogens with zero attached hydrogens (tertiary/aromatic N) is 2. The Balaban J connectivity index is 2.00. The first-order chi connectivity index (χ1) is 8.60. The second-order valence-corrected chi connectivity index (χ2v) is 6.37. The molecule has 2 N–H and O–H groups in total. The number of rotatable bonds is 4. The van der Waals surface area contributed by atoms with Crippen LogP contribution in [0, 0.1) is 5.41 Å². The maximum Gasteiger partial charge on any atom is 0.185 e. The highest BCUT2D eigenvalue weighted by molar-refractivity contribution is 7.13. The summed E-state index contributed by atoms with van der Waals surface area (Å²) in [6.07, 6.45) is 5.21. The summed E-state index contributed by atoms with van der Waals surface area (Å²) in [5.74, 6) is 0. The predicted molar refractivity (Wildman–Crippen MR) is 79.2 cm³/mol. The summed E-state index contributed by atoms with van der Waals surface area (Å²) in [4.78, 5) is 7.08. The standard InChI is InChI=1S/C14H25N3S/c1-4-14(5-2)6-8-17(9-7-14)13-16-12(10-18-13)11(3)15/h10-11H,4-9,15H2,1-3H3. The Kier molecular flexibility index (Phi) is 4.28. The summed E-state index contributed by atoms with van der Waals surface area (Å²) in [7, 11) is 0. The Hall–Kier alpha value is -0.610. The van der Waals surface area contributed by atoms with E-state index in [4.69, 9.17) is 5.73 Å². The van der Waals surface area contributed by atoms with Crippen LogP contribution in [0.2, 0.25) is 0 Å². The Morgan fingerprint density at radius 2 is 2.00 bits per heavy atom. The Bertz CT molecular complexity index is 372. The highest BCUT2D eigenvalue weighted by Gasteiger charge is 2.32. The summed E-state index contributed by atoms with van der Waals surface area (Å²) in [6.45, 7) is 8.95. The monoisotopic (exact) mass is 267 g/mol. The molecule has 1 fully saturated rings. The fraction of sp³-hybridized carbons (Fsp3) is 0.786. The van der Waals surface area contributed by atoms with Crippen molar-refractivity contribution in [2.24, 2.45) is 11.1 Å². The summed E-state index contributed by atoms with van der Waals surface area (Å²) in [6, 6.07) is 0.0464. The first-order valence-corrected chi connectivity index (χ1v) is 7.94. The number of piperidine rings is 1. The SMILES string of the molecule is CCC1(CC)CCN(c2nc(C(C)N)cs2)CC1. The first kappa shape index (κ1) is 13.8. The molecule has 0 aromatic carbocycles. The lowest BCUT2D eigenvalue weighted by Gasteiger charge is -2.40. The molecule has 1 aromatic heterocycles. The quantitative estimate of drug-likeness (QED) is 0.907. The Morgan fingerprint density at radius 3 is 2.44 bits per heavy atom. The number of thiazole rings is 1. The van der Waals surface area contributed by atoms with Crippen molar-refractivity contribution < 1.29 is 0 Å². The maximum atomic E-state index is 5.87. The van der Waals surface area contributed by atoms with E-state index in [0.717, 1.165) is 23.9 Å². The first-order valence-electron chi connectivity index (χ1n) is 7.06. The highest BCUT2D eigenvalue weighted by atomic mass is 32.1. The van der Waals surface area contributed by atoms with Crippen molar-refractivity contribution in [1.29, 1.82) is 0 Å². The van der Waals surface area contributed by atoms with E-state index < -0.39 is 0 Å². The molecule has 1 aliphatic heterocycles. The van der Waals surface area contributed by atoms with Crippen LogP contribution < -0.4 is 10.6 Å². The normalized spacial score (nSPS) is 21.0. The largest absolute Gasteiger partial charge is 0.348 e. The van der Waals surface area contributed by atoms with Gasteiger partial charge in [0.25, 0.3) is 0 Å². The van der Waals surface area contributed by atoms with E-state index in [-0.39, 0.29) is 6.04 Å². The molecule has 102 valence electrons.